The maximum Gasteiger partial charge on any atom is 0.247 e. The fourth-order valence-electron chi connectivity index (χ4n) is 3.43. The van der Waals surface area contributed by atoms with Gasteiger partial charge in [-0.25, -0.2) is 9.97 Å². The van der Waals surface area contributed by atoms with Crippen LogP contribution < -0.4 is 20.1 Å². The van der Waals surface area contributed by atoms with E-state index in [4.69, 9.17) is 9.47 Å². The lowest BCUT2D eigenvalue weighted by molar-refractivity contribution is -0.111. The molecule has 0 aliphatic rings. The Morgan fingerprint density at radius 2 is 1.97 bits per heavy atom. The van der Waals surface area contributed by atoms with Gasteiger partial charge in [0.05, 0.1) is 49.0 Å². The van der Waals surface area contributed by atoms with Crippen molar-refractivity contribution < 1.29 is 14.3 Å². The zero-order valence-corrected chi connectivity index (χ0v) is 20.1. The molecule has 1 amide bonds. The number of methoxy groups -OCH3 is 1. The standard InChI is InChI=1S/C24H28N8O3/c1-6-24(33)29-18-9-17(20(34-5)10-21(18)35-8-7-30(2)3)28-22-15-32-19(12-26-23(32)13-25-22)16-11-27-31(4)14-16/h6,9-15,28H,1,7-8H2,2-5H3,(H,29,33). The predicted molar refractivity (Wildman–Crippen MR) is 134 cm³/mol. The smallest absolute Gasteiger partial charge is 0.247 e. The summed E-state index contributed by atoms with van der Waals surface area (Å²) in [7, 11) is 7.35. The molecule has 4 aromatic rings. The molecule has 0 atom stereocenters. The van der Waals surface area contributed by atoms with E-state index < -0.39 is 0 Å². The van der Waals surface area contributed by atoms with Gasteiger partial charge in [-0.1, -0.05) is 6.58 Å². The molecular weight excluding hydrogens is 448 g/mol. The Kier molecular flexibility index (Phi) is 6.97. The Morgan fingerprint density at radius 3 is 2.66 bits per heavy atom. The van der Waals surface area contributed by atoms with E-state index in [-0.39, 0.29) is 5.91 Å². The maximum absolute atomic E-state index is 12.1. The molecular formula is C24H28N8O3. The van der Waals surface area contributed by atoms with E-state index in [0.717, 1.165) is 11.3 Å². The molecule has 3 heterocycles. The van der Waals surface area contributed by atoms with Crippen molar-refractivity contribution >= 4 is 28.7 Å². The van der Waals surface area contributed by atoms with Gasteiger partial charge in [-0.15, -0.1) is 0 Å². The van der Waals surface area contributed by atoms with Gasteiger partial charge < -0.3 is 25.0 Å². The van der Waals surface area contributed by atoms with Crippen molar-refractivity contribution in [3.8, 4) is 22.8 Å². The first-order valence-corrected chi connectivity index (χ1v) is 10.9. The normalized spacial score (nSPS) is 11.0. The van der Waals surface area contributed by atoms with Crippen molar-refractivity contribution in [3.63, 3.8) is 0 Å². The zero-order valence-electron chi connectivity index (χ0n) is 20.1. The molecule has 0 bridgehead atoms. The van der Waals surface area contributed by atoms with Gasteiger partial charge in [0.2, 0.25) is 5.91 Å². The summed E-state index contributed by atoms with van der Waals surface area (Å²) in [5.74, 6) is 1.22. The molecule has 0 radical (unpaired) electrons. The van der Waals surface area contributed by atoms with Gasteiger partial charge in [0.15, 0.2) is 5.65 Å². The fraction of sp³-hybridized carbons (Fsp3) is 0.250. The summed E-state index contributed by atoms with van der Waals surface area (Å²) >= 11 is 0. The van der Waals surface area contributed by atoms with Crippen LogP contribution in [0.15, 0.2) is 55.8 Å². The number of carbonyl (C=O) groups excluding carboxylic acids is 1. The van der Waals surface area contributed by atoms with Crippen LogP contribution in [-0.4, -0.2) is 69.3 Å². The topological polar surface area (TPSA) is 111 Å². The molecule has 182 valence electrons. The maximum atomic E-state index is 12.1. The van der Waals surface area contributed by atoms with Crippen molar-refractivity contribution in [1.82, 2.24) is 29.0 Å². The van der Waals surface area contributed by atoms with Crippen LogP contribution in [0.2, 0.25) is 0 Å². The highest BCUT2D eigenvalue weighted by Crippen LogP contribution is 2.38. The lowest BCUT2D eigenvalue weighted by atomic mass is 10.2. The zero-order chi connectivity index (χ0) is 24.9. The number of nitrogens with zero attached hydrogens (tertiary/aromatic N) is 6. The van der Waals surface area contributed by atoms with Crippen molar-refractivity contribution in [2.45, 2.75) is 0 Å². The molecule has 2 N–H and O–H groups in total. The minimum Gasteiger partial charge on any atom is -0.494 e. The minimum atomic E-state index is -0.349. The predicted octanol–water partition coefficient (Wildman–Crippen LogP) is 2.95. The number of ether oxygens (including phenoxy) is 2. The molecule has 0 spiro atoms. The first kappa shape index (κ1) is 23.8. The number of carbonyl (C=O) groups is 1. The van der Waals surface area contributed by atoms with Crippen molar-refractivity contribution in [1.29, 1.82) is 0 Å². The van der Waals surface area contributed by atoms with E-state index in [1.165, 1.54) is 6.08 Å². The number of hydrogen-bond acceptors (Lipinski definition) is 8. The van der Waals surface area contributed by atoms with Crippen LogP contribution in [-0.2, 0) is 11.8 Å². The summed E-state index contributed by atoms with van der Waals surface area (Å²) < 4.78 is 15.2. The van der Waals surface area contributed by atoms with Crippen molar-refractivity contribution in [2.24, 2.45) is 7.05 Å². The summed E-state index contributed by atoms with van der Waals surface area (Å²) in [6.07, 6.45) is 10.2. The quantitative estimate of drug-likeness (QED) is 0.336. The number of anilines is 3. The molecule has 0 aliphatic carbocycles. The molecule has 35 heavy (non-hydrogen) atoms. The second kappa shape index (κ2) is 10.3. The van der Waals surface area contributed by atoms with Gasteiger partial charge in [-0.05, 0) is 26.2 Å². The number of aromatic nitrogens is 5. The van der Waals surface area contributed by atoms with Crippen molar-refractivity contribution in [2.75, 3.05) is 45.0 Å². The average molecular weight is 477 g/mol. The summed E-state index contributed by atoms with van der Waals surface area (Å²) in [6.45, 7) is 4.68. The SMILES string of the molecule is C=CC(=O)Nc1cc(Nc2cn3c(-c4cnn(C)c4)cnc3cn2)c(OC)cc1OCCN(C)C. The van der Waals surface area contributed by atoms with Crippen LogP contribution in [0.1, 0.15) is 0 Å². The van der Waals surface area contributed by atoms with E-state index >= 15 is 0 Å². The van der Waals surface area contributed by atoms with E-state index in [9.17, 15) is 4.79 Å². The Hall–Kier alpha value is -4.38. The van der Waals surface area contributed by atoms with E-state index in [1.54, 1.807) is 42.5 Å². The molecule has 3 aromatic heterocycles. The number of amides is 1. The summed E-state index contributed by atoms with van der Waals surface area (Å²) in [4.78, 5) is 23.0. The summed E-state index contributed by atoms with van der Waals surface area (Å²) in [6, 6.07) is 3.47. The number of likely N-dealkylation sites (N-methyl/N-ethyl adjacent to an activating group) is 1. The molecule has 0 fully saturated rings. The summed E-state index contributed by atoms with van der Waals surface area (Å²) in [5, 5.41) is 10.3. The van der Waals surface area contributed by atoms with Crippen LogP contribution in [0.3, 0.4) is 0 Å². The highest BCUT2D eigenvalue weighted by atomic mass is 16.5. The number of hydrogen-bond donors (Lipinski definition) is 2. The van der Waals surface area contributed by atoms with E-state index in [2.05, 4.69) is 32.3 Å². The molecule has 11 heteroatoms. The number of fused-ring (bicyclic) bond motifs is 1. The van der Waals surface area contributed by atoms with Gasteiger partial charge in [-0.3, -0.25) is 13.9 Å². The van der Waals surface area contributed by atoms with Crippen LogP contribution in [0.5, 0.6) is 11.5 Å². The van der Waals surface area contributed by atoms with Gasteiger partial charge in [-0.2, -0.15) is 5.10 Å². The van der Waals surface area contributed by atoms with Crippen LogP contribution >= 0.6 is 0 Å². The lowest BCUT2D eigenvalue weighted by Crippen LogP contribution is -2.20. The first-order chi connectivity index (χ1) is 16.9. The monoisotopic (exact) mass is 476 g/mol. The number of imidazole rings is 1. The number of aryl methyl sites for hydroxylation is 1. The second-order valence-electron chi connectivity index (χ2n) is 8.07. The molecule has 0 aliphatic heterocycles. The molecule has 0 saturated heterocycles. The largest absolute Gasteiger partial charge is 0.494 e. The van der Waals surface area contributed by atoms with Gasteiger partial charge in [0.25, 0.3) is 0 Å². The molecule has 0 unspecified atom stereocenters. The Labute approximate surface area is 203 Å². The summed E-state index contributed by atoms with van der Waals surface area (Å²) in [5.41, 5.74) is 3.60. The highest BCUT2D eigenvalue weighted by molar-refractivity contribution is 6.00. The third-order valence-corrected chi connectivity index (χ3v) is 5.20. The fourth-order valence-corrected chi connectivity index (χ4v) is 3.43. The molecule has 4 rings (SSSR count). The Balaban J connectivity index is 1.68. The second-order valence-corrected chi connectivity index (χ2v) is 8.07. The third kappa shape index (κ3) is 5.41. The van der Waals surface area contributed by atoms with Gasteiger partial charge in [0.1, 0.15) is 23.9 Å². The number of rotatable bonds is 10. The van der Waals surface area contributed by atoms with Crippen LogP contribution in [0, 0.1) is 0 Å². The van der Waals surface area contributed by atoms with Crippen molar-refractivity contribution in [3.05, 3.63) is 55.8 Å². The van der Waals surface area contributed by atoms with Gasteiger partial charge in [0, 0.05) is 31.4 Å². The Bertz CT molecular complexity index is 1360. The Morgan fingerprint density at radius 1 is 1.14 bits per heavy atom. The minimum absolute atomic E-state index is 0.349. The van der Waals surface area contributed by atoms with E-state index in [1.807, 2.05) is 42.8 Å². The highest BCUT2D eigenvalue weighted by Gasteiger charge is 2.15. The molecule has 11 nitrogen and oxygen atoms in total. The number of benzene rings is 1. The molecule has 1 aromatic carbocycles. The third-order valence-electron chi connectivity index (χ3n) is 5.20. The first-order valence-electron chi connectivity index (χ1n) is 10.9. The van der Waals surface area contributed by atoms with Crippen LogP contribution in [0.25, 0.3) is 16.9 Å². The average Bonchev–Trinajstić information content (AvgIpc) is 3.45. The molecule has 0 saturated carbocycles. The van der Waals surface area contributed by atoms with E-state index in [0.29, 0.717) is 47.5 Å². The number of nitrogens with one attached hydrogen (secondary N) is 2. The van der Waals surface area contributed by atoms with Gasteiger partial charge >= 0.3 is 0 Å². The van der Waals surface area contributed by atoms with Crippen LogP contribution in [0.4, 0.5) is 17.2 Å². The lowest BCUT2D eigenvalue weighted by Gasteiger charge is -2.18.